The van der Waals surface area contributed by atoms with Crippen LogP contribution in [-0.4, -0.2) is 25.3 Å². The van der Waals surface area contributed by atoms with Gasteiger partial charge in [0.1, 0.15) is 17.0 Å². The predicted octanol–water partition coefficient (Wildman–Crippen LogP) is 2.58. The Balaban J connectivity index is 1.56. The maximum Gasteiger partial charge on any atom is 0.270 e. The van der Waals surface area contributed by atoms with Crippen LogP contribution in [0.2, 0.25) is 0 Å². The molecule has 2 N–H and O–H groups in total. The number of rotatable bonds is 4. The topological polar surface area (TPSA) is 92.2 Å². The molecule has 134 valence electrons. The van der Waals surface area contributed by atoms with Gasteiger partial charge in [-0.25, -0.2) is 9.97 Å². The van der Waals surface area contributed by atoms with E-state index >= 15 is 0 Å². The second-order valence-electron chi connectivity index (χ2n) is 6.15. The van der Waals surface area contributed by atoms with Gasteiger partial charge in [0.15, 0.2) is 0 Å². The maximum absolute atomic E-state index is 12.6. The number of nitrogens with zero attached hydrogens (tertiary/aromatic N) is 3. The van der Waals surface area contributed by atoms with E-state index in [2.05, 4.69) is 20.3 Å². The molecule has 0 aliphatic rings. The standard InChI is InChI=1S/C20H17N5O2/c1-13(18-22-12-16(24-18)14-7-3-2-4-8-14)23-19(26)15-11-21-17-9-5-6-10-25(17)20(15)27/h2-13H,1H3,(H,22,24)(H,23,26). The summed E-state index contributed by atoms with van der Waals surface area (Å²) < 4.78 is 1.35. The van der Waals surface area contributed by atoms with Crippen LogP contribution in [0.4, 0.5) is 0 Å². The van der Waals surface area contributed by atoms with Crippen molar-refractivity contribution in [3.8, 4) is 11.3 Å². The second kappa shape index (κ2) is 6.87. The van der Waals surface area contributed by atoms with Gasteiger partial charge >= 0.3 is 0 Å². The Bertz CT molecular complexity index is 1160. The number of carbonyl (C=O) groups is 1. The fraction of sp³-hybridized carbons (Fsp3) is 0.100. The summed E-state index contributed by atoms with van der Waals surface area (Å²) in [4.78, 5) is 36.8. The fourth-order valence-corrected chi connectivity index (χ4v) is 2.85. The molecule has 7 heteroatoms. The molecule has 1 unspecified atom stereocenters. The molecule has 1 atom stereocenters. The Labute approximate surface area is 154 Å². The van der Waals surface area contributed by atoms with E-state index in [9.17, 15) is 9.59 Å². The minimum absolute atomic E-state index is 0.0135. The van der Waals surface area contributed by atoms with E-state index in [1.54, 1.807) is 37.5 Å². The molecule has 27 heavy (non-hydrogen) atoms. The monoisotopic (exact) mass is 359 g/mol. The summed E-state index contributed by atoms with van der Waals surface area (Å²) in [5.41, 5.74) is 1.94. The Morgan fingerprint density at radius 1 is 1.07 bits per heavy atom. The van der Waals surface area contributed by atoms with Gasteiger partial charge in [0.05, 0.1) is 17.9 Å². The molecule has 0 aliphatic carbocycles. The molecule has 3 heterocycles. The number of benzene rings is 1. The van der Waals surface area contributed by atoms with E-state index in [-0.39, 0.29) is 5.56 Å². The maximum atomic E-state index is 12.6. The number of nitrogens with one attached hydrogen (secondary N) is 2. The van der Waals surface area contributed by atoms with Gasteiger partial charge in [0, 0.05) is 12.4 Å². The first-order chi connectivity index (χ1) is 13.1. The van der Waals surface area contributed by atoms with Crippen molar-refractivity contribution in [2.75, 3.05) is 0 Å². The first kappa shape index (κ1) is 16.7. The number of aromatic amines is 1. The lowest BCUT2D eigenvalue weighted by atomic mass is 10.2. The van der Waals surface area contributed by atoms with Crippen molar-refractivity contribution in [2.24, 2.45) is 0 Å². The first-order valence-corrected chi connectivity index (χ1v) is 8.51. The Hall–Kier alpha value is -3.74. The number of pyridine rings is 1. The van der Waals surface area contributed by atoms with Gasteiger partial charge in [0.25, 0.3) is 11.5 Å². The fourth-order valence-electron chi connectivity index (χ4n) is 2.85. The van der Waals surface area contributed by atoms with Gasteiger partial charge in [-0.1, -0.05) is 36.4 Å². The normalized spacial score (nSPS) is 12.0. The summed E-state index contributed by atoms with van der Waals surface area (Å²) in [6, 6.07) is 14.6. The van der Waals surface area contributed by atoms with Crippen LogP contribution in [0.15, 0.2) is 71.9 Å². The zero-order valence-corrected chi connectivity index (χ0v) is 14.6. The number of aromatic nitrogens is 4. The highest BCUT2D eigenvalue weighted by Crippen LogP contribution is 2.18. The summed E-state index contributed by atoms with van der Waals surface area (Å²) >= 11 is 0. The number of hydrogen-bond acceptors (Lipinski definition) is 4. The molecule has 1 aromatic carbocycles. The van der Waals surface area contributed by atoms with Crippen LogP contribution < -0.4 is 10.9 Å². The molecular formula is C20H17N5O2. The first-order valence-electron chi connectivity index (χ1n) is 8.51. The average Bonchev–Trinajstić information content (AvgIpc) is 3.19. The van der Waals surface area contributed by atoms with Crippen LogP contribution in [-0.2, 0) is 0 Å². The molecule has 4 rings (SSSR count). The zero-order valence-electron chi connectivity index (χ0n) is 14.6. The van der Waals surface area contributed by atoms with Crippen molar-refractivity contribution in [1.29, 1.82) is 0 Å². The Morgan fingerprint density at radius 2 is 1.85 bits per heavy atom. The third-order valence-electron chi connectivity index (χ3n) is 4.30. The van der Waals surface area contributed by atoms with E-state index in [1.165, 1.54) is 10.6 Å². The molecule has 3 aromatic heterocycles. The molecule has 0 aliphatic heterocycles. The van der Waals surface area contributed by atoms with Crippen molar-refractivity contribution >= 4 is 11.6 Å². The van der Waals surface area contributed by atoms with Crippen LogP contribution >= 0.6 is 0 Å². The van der Waals surface area contributed by atoms with Crippen LogP contribution in [0.25, 0.3) is 16.9 Å². The third kappa shape index (κ3) is 3.22. The third-order valence-corrected chi connectivity index (χ3v) is 4.30. The summed E-state index contributed by atoms with van der Waals surface area (Å²) in [7, 11) is 0. The molecular weight excluding hydrogens is 342 g/mol. The lowest BCUT2D eigenvalue weighted by Gasteiger charge is -2.11. The molecule has 4 aromatic rings. The summed E-state index contributed by atoms with van der Waals surface area (Å²) in [6.07, 6.45) is 4.61. The summed E-state index contributed by atoms with van der Waals surface area (Å²) in [6.45, 7) is 1.80. The predicted molar refractivity (Wildman–Crippen MR) is 101 cm³/mol. The van der Waals surface area contributed by atoms with E-state index in [1.807, 2.05) is 30.3 Å². The van der Waals surface area contributed by atoms with Gasteiger partial charge in [0.2, 0.25) is 0 Å². The minimum Gasteiger partial charge on any atom is -0.342 e. The number of fused-ring (bicyclic) bond motifs is 1. The number of carbonyl (C=O) groups excluding carboxylic acids is 1. The largest absolute Gasteiger partial charge is 0.342 e. The van der Waals surface area contributed by atoms with Gasteiger partial charge in [-0.05, 0) is 24.6 Å². The van der Waals surface area contributed by atoms with Gasteiger partial charge in [-0.3, -0.25) is 14.0 Å². The quantitative estimate of drug-likeness (QED) is 0.586. The highest BCUT2D eigenvalue weighted by molar-refractivity contribution is 5.93. The minimum atomic E-state index is -0.490. The number of amides is 1. The Kier molecular flexibility index (Phi) is 4.25. The van der Waals surface area contributed by atoms with Crippen molar-refractivity contribution in [2.45, 2.75) is 13.0 Å². The van der Waals surface area contributed by atoms with E-state index in [4.69, 9.17) is 0 Å². The van der Waals surface area contributed by atoms with E-state index < -0.39 is 17.5 Å². The lowest BCUT2D eigenvalue weighted by molar-refractivity contribution is 0.0936. The van der Waals surface area contributed by atoms with E-state index in [0.717, 1.165) is 11.3 Å². The van der Waals surface area contributed by atoms with Gasteiger partial charge in [-0.2, -0.15) is 0 Å². The van der Waals surface area contributed by atoms with E-state index in [0.29, 0.717) is 11.5 Å². The van der Waals surface area contributed by atoms with Gasteiger partial charge in [-0.15, -0.1) is 0 Å². The molecule has 0 radical (unpaired) electrons. The van der Waals surface area contributed by atoms with Crippen molar-refractivity contribution < 1.29 is 4.79 Å². The number of hydrogen-bond donors (Lipinski definition) is 2. The second-order valence-corrected chi connectivity index (χ2v) is 6.15. The van der Waals surface area contributed by atoms with Crippen LogP contribution in [0, 0.1) is 0 Å². The molecule has 0 bridgehead atoms. The molecule has 0 saturated heterocycles. The average molecular weight is 359 g/mol. The smallest absolute Gasteiger partial charge is 0.270 e. The molecule has 7 nitrogen and oxygen atoms in total. The molecule has 0 fully saturated rings. The Morgan fingerprint density at radius 3 is 2.67 bits per heavy atom. The zero-order chi connectivity index (χ0) is 18.8. The SMILES string of the molecule is CC(NC(=O)c1cnc2ccccn2c1=O)c1ncc(-c2ccccc2)[nH]1. The van der Waals surface area contributed by atoms with Crippen LogP contribution in [0.3, 0.4) is 0 Å². The van der Waals surface area contributed by atoms with Crippen LogP contribution in [0.1, 0.15) is 29.1 Å². The van der Waals surface area contributed by atoms with Gasteiger partial charge < -0.3 is 10.3 Å². The van der Waals surface area contributed by atoms with Crippen molar-refractivity contribution in [3.05, 3.63) is 88.9 Å². The molecule has 0 spiro atoms. The summed E-state index contributed by atoms with van der Waals surface area (Å²) in [5.74, 6) is 0.118. The summed E-state index contributed by atoms with van der Waals surface area (Å²) in [5, 5.41) is 2.80. The molecule has 0 saturated carbocycles. The number of H-pyrrole nitrogens is 1. The highest BCUT2D eigenvalue weighted by Gasteiger charge is 2.18. The van der Waals surface area contributed by atoms with Crippen molar-refractivity contribution in [3.63, 3.8) is 0 Å². The van der Waals surface area contributed by atoms with Crippen molar-refractivity contribution in [1.82, 2.24) is 24.7 Å². The highest BCUT2D eigenvalue weighted by atomic mass is 16.2. The van der Waals surface area contributed by atoms with Crippen LogP contribution in [0.5, 0.6) is 0 Å². The molecule has 1 amide bonds. The lowest BCUT2D eigenvalue weighted by Crippen LogP contribution is -2.33. The number of imidazole rings is 1.